The SMILES string of the molecule is CSc1cc(N2CCNCC2C)ncn1. The fraction of sp³-hybridized carbons (Fsp3) is 0.600. The molecule has 0 aliphatic carbocycles. The second-order valence-corrected chi connectivity index (χ2v) is 4.49. The van der Waals surface area contributed by atoms with Crippen LogP contribution in [0.15, 0.2) is 17.4 Å². The van der Waals surface area contributed by atoms with Gasteiger partial charge in [0, 0.05) is 31.7 Å². The van der Waals surface area contributed by atoms with Crippen molar-refractivity contribution < 1.29 is 0 Å². The zero-order valence-corrected chi connectivity index (χ0v) is 9.92. The molecule has 1 fully saturated rings. The van der Waals surface area contributed by atoms with E-state index in [2.05, 4.69) is 33.2 Å². The maximum atomic E-state index is 4.34. The average molecular weight is 224 g/mol. The summed E-state index contributed by atoms with van der Waals surface area (Å²) in [5.41, 5.74) is 0. The molecule has 1 aromatic heterocycles. The number of anilines is 1. The number of thioether (sulfide) groups is 1. The number of nitrogens with one attached hydrogen (secondary N) is 1. The van der Waals surface area contributed by atoms with Crippen molar-refractivity contribution in [3.05, 3.63) is 12.4 Å². The third kappa shape index (κ3) is 2.41. The van der Waals surface area contributed by atoms with E-state index in [0.717, 1.165) is 30.5 Å². The van der Waals surface area contributed by atoms with E-state index in [1.165, 1.54) is 0 Å². The van der Waals surface area contributed by atoms with E-state index in [1.807, 2.05) is 6.26 Å². The first-order chi connectivity index (χ1) is 7.31. The van der Waals surface area contributed by atoms with Gasteiger partial charge in [-0.25, -0.2) is 9.97 Å². The van der Waals surface area contributed by atoms with Crippen LogP contribution in [0.2, 0.25) is 0 Å². The number of piperazine rings is 1. The first-order valence-electron chi connectivity index (χ1n) is 5.14. The Hall–Kier alpha value is -0.810. The Morgan fingerprint density at radius 3 is 3.13 bits per heavy atom. The van der Waals surface area contributed by atoms with Crippen molar-refractivity contribution in [2.24, 2.45) is 0 Å². The van der Waals surface area contributed by atoms with E-state index in [0.29, 0.717) is 6.04 Å². The van der Waals surface area contributed by atoms with Crippen molar-refractivity contribution in [2.75, 3.05) is 30.8 Å². The molecule has 0 saturated carbocycles. The lowest BCUT2D eigenvalue weighted by Gasteiger charge is -2.34. The van der Waals surface area contributed by atoms with E-state index in [1.54, 1.807) is 18.1 Å². The number of nitrogens with zero attached hydrogens (tertiary/aromatic N) is 3. The van der Waals surface area contributed by atoms with Crippen molar-refractivity contribution in [2.45, 2.75) is 18.0 Å². The molecule has 15 heavy (non-hydrogen) atoms. The molecule has 1 aliphatic heterocycles. The van der Waals surface area contributed by atoms with Crippen molar-refractivity contribution in [1.29, 1.82) is 0 Å². The summed E-state index contributed by atoms with van der Waals surface area (Å²) >= 11 is 1.65. The van der Waals surface area contributed by atoms with Gasteiger partial charge in [-0.05, 0) is 13.2 Å². The highest BCUT2D eigenvalue weighted by Crippen LogP contribution is 2.19. The van der Waals surface area contributed by atoms with Crippen LogP contribution in [-0.2, 0) is 0 Å². The van der Waals surface area contributed by atoms with Gasteiger partial charge in [0.15, 0.2) is 0 Å². The highest BCUT2D eigenvalue weighted by Gasteiger charge is 2.19. The fourth-order valence-corrected chi connectivity index (χ4v) is 2.16. The molecule has 0 radical (unpaired) electrons. The van der Waals surface area contributed by atoms with Crippen LogP contribution in [0.25, 0.3) is 0 Å². The molecule has 1 N–H and O–H groups in total. The lowest BCUT2D eigenvalue weighted by Crippen LogP contribution is -2.50. The Kier molecular flexibility index (Phi) is 3.43. The molecule has 0 aromatic carbocycles. The monoisotopic (exact) mass is 224 g/mol. The van der Waals surface area contributed by atoms with Crippen molar-refractivity contribution in [3.63, 3.8) is 0 Å². The van der Waals surface area contributed by atoms with E-state index < -0.39 is 0 Å². The lowest BCUT2D eigenvalue weighted by atomic mass is 10.2. The summed E-state index contributed by atoms with van der Waals surface area (Å²) in [6.07, 6.45) is 3.68. The highest BCUT2D eigenvalue weighted by molar-refractivity contribution is 7.98. The normalized spacial score (nSPS) is 21.7. The van der Waals surface area contributed by atoms with Crippen LogP contribution in [0.1, 0.15) is 6.92 Å². The minimum Gasteiger partial charge on any atom is -0.351 e. The standard InChI is InChI=1S/C10H16N4S/c1-8-6-11-3-4-14(8)9-5-10(15-2)13-7-12-9/h5,7-8,11H,3-4,6H2,1-2H3. The number of aromatic nitrogens is 2. The molecule has 2 heterocycles. The second kappa shape index (κ2) is 4.81. The third-order valence-corrected chi connectivity index (χ3v) is 3.27. The molecule has 1 aromatic rings. The number of hydrogen-bond donors (Lipinski definition) is 1. The molecule has 1 aliphatic rings. The highest BCUT2D eigenvalue weighted by atomic mass is 32.2. The van der Waals surface area contributed by atoms with Crippen LogP contribution in [0.5, 0.6) is 0 Å². The first-order valence-corrected chi connectivity index (χ1v) is 6.37. The number of rotatable bonds is 2. The molecule has 1 saturated heterocycles. The molecule has 0 amide bonds. The van der Waals surface area contributed by atoms with Gasteiger partial charge >= 0.3 is 0 Å². The van der Waals surface area contributed by atoms with Gasteiger partial charge in [0.2, 0.25) is 0 Å². The summed E-state index contributed by atoms with van der Waals surface area (Å²) in [4.78, 5) is 10.9. The summed E-state index contributed by atoms with van der Waals surface area (Å²) < 4.78 is 0. The van der Waals surface area contributed by atoms with Crippen LogP contribution >= 0.6 is 11.8 Å². The van der Waals surface area contributed by atoms with Gasteiger partial charge in [-0.3, -0.25) is 0 Å². The van der Waals surface area contributed by atoms with Crippen LogP contribution in [0.4, 0.5) is 5.82 Å². The summed E-state index contributed by atoms with van der Waals surface area (Å²) in [6.45, 7) is 5.29. The lowest BCUT2D eigenvalue weighted by molar-refractivity contribution is 0.496. The average Bonchev–Trinajstić information content (AvgIpc) is 2.30. The summed E-state index contributed by atoms with van der Waals surface area (Å²) in [5, 5.41) is 4.41. The van der Waals surface area contributed by atoms with Gasteiger partial charge in [-0.2, -0.15) is 0 Å². The van der Waals surface area contributed by atoms with Crippen LogP contribution in [0, 0.1) is 0 Å². The van der Waals surface area contributed by atoms with Crippen LogP contribution in [-0.4, -0.2) is 41.9 Å². The minimum atomic E-state index is 0.503. The molecular formula is C10H16N4S. The van der Waals surface area contributed by atoms with Gasteiger partial charge in [0.25, 0.3) is 0 Å². The zero-order valence-electron chi connectivity index (χ0n) is 9.10. The minimum absolute atomic E-state index is 0.503. The van der Waals surface area contributed by atoms with Gasteiger partial charge < -0.3 is 10.2 Å². The Bertz CT molecular complexity index is 331. The zero-order chi connectivity index (χ0) is 10.7. The smallest absolute Gasteiger partial charge is 0.133 e. The maximum Gasteiger partial charge on any atom is 0.133 e. The topological polar surface area (TPSA) is 41.0 Å². The van der Waals surface area contributed by atoms with Crippen molar-refractivity contribution in [3.8, 4) is 0 Å². The molecule has 1 unspecified atom stereocenters. The van der Waals surface area contributed by atoms with Crippen LogP contribution < -0.4 is 10.2 Å². The van der Waals surface area contributed by atoms with E-state index >= 15 is 0 Å². The second-order valence-electron chi connectivity index (χ2n) is 3.67. The Balaban J connectivity index is 2.19. The summed E-state index contributed by atoms with van der Waals surface area (Å²) in [5.74, 6) is 1.04. The van der Waals surface area contributed by atoms with E-state index in [-0.39, 0.29) is 0 Å². The Labute approximate surface area is 94.5 Å². The molecule has 0 bridgehead atoms. The van der Waals surface area contributed by atoms with Gasteiger partial charge in [-0.15, -0.1) is 11.8 Å². The third-order valence-electron chi connectivity index (χ3n) is 2.63. The van der Waals surface area contributed by atoms with Crippen LogP contribution in [0.3, 0.4) is 0 Å². The molecule has 82 valence electrons. The number of hydrogen-bond acceptors (Lipinski definition) is 5. The molecular weight excluding hydrogens is 208 g/mol. The predicted molar refractivity (Wildman–Crippen MR) is 63.5 cm³/mol. The van der Waals surface area contributed by atoms with Gasteiger partial charge in [0.1, 0.15) is 17.2 Å². The largest absolute Gasteiger partial charge is 0.351 e. The molecule has 4 nitrogen and oxygen atoms in total. The summed E-state index contributed by atoms with van der Waals surface area (Å²) in [7, 11) is 0. The molecule has 2 rings (SSSR count). The van der Waals surface area contributed by atoms with E-state index in [4.69, 9.17) is 0 Å². The van der Waals surface area contributed by atoms with Gasteiger partial charge in [-0.1, -0.05) is 0 Å². The van der Waals surface area contributed by atoms with E-state index in [9.17, 15) is 0 Å². The Morgan fingerprint density at radius 2 is 2.40 bits per heavy atom. The Morgan fingerprint density at radius 1 is 1.53 bits per heavy atom. The van der Waals surface area contributed by atoms with Gasteiger partial charge in [0.05, 0.1) is 0 Å². The molecule has 1 atom stereocenters. The molecule has 5 heteroatoms. The predicted octanol–water partition coefficient (Wildman–Crippen LogP) is 0.997. The molecule has 0 spiro atoms. The summed E-state index contributed by atoms with van der Waals surface area (Å²) in [6, 6.07) is 2.57. The van der Waals surface area contributed by atoms with Crippen molar-refractivity contribution in [1.82, 2.24) is 15.3 Å². The fourth-order valence-electron chi connectivity index (χ4n) is 1.78. The maximum absolute atomic E-state index is 4.34. The van der Waals surface area contributed by atoms with Crippen molar-refractivity contribution >= 4 is 17.6 Å². The quantitative estimate of drug-likeness (QED) is 0.599. The first kappa shape index (κ1) is 10.7.